The third-order valence-electron chi connectivity index (χ3n) is 5.21. The highest BCUT2D eigenvalue weighted by molar-refractivity contribution is 5.96. The van der Waals surface area contributed by atoms with Gasteiger partial charge in [0.05, 0.1) is 0 Å². The lowest BCUT2D eigenvalue weighted by Crippen LogP contribution is -2.37. The van der Waals surface area contributed by atoms with Crippen molar-refractivity contribution >= 4 is 23.4 Å². The summed E-state index contributed by atoms with van der Waals surface area (Å²) in [4.78, 5) is 26.6. The molecule has 0 radical (unpaired) electrons. The molecule has 0 aliphatic rings. The summed E-state index contributed by atoms with van der Waals surface area (Å²) in [6, 6.07) is 26.6. The molecule has 1 atom stereocenters. The summed E-state index contributed by atoms with van der Waals surface area (Å²) in [6.07, 6.45) is 3.07. The molecule has 2 aromatic carbocycles. The Morgan fingerprint density at radius 2 is 1.65 bits per heavy atom. The maximum atomic E-state index is 13.2. The molecule has 0 fully saturated rings. The molecule has 0 unspecified atom stereocenters. The molecule has 4 aromatic rings. The number of hydrogen-bond donors (Lipinski definition) is 3. The van der Waals surface area contributed by atoms with Crippen LogP contribution in [-0.4, -0.2) is 33.4 Å². The van der Waals surface area contributed by atoms with Crippen LogP contribution in [-0.2, 0) is 17.6 Å². The molecule has 7 nitrogen and oxygen atoms in total. The Balaban J connectivity index is 1.47. The first-order valence-corrected chi connectivity index (χ1v) is 11.3. The van der Waals surface area contributed by atoms with E-state index in [-0.39, 0.29) is 5.91 Å². The van der Waals surface area contributed by atoms with E-state index in [2.05, 4.69) is 30.9 Å². The number of benzene rings is 2. The van der Waals surface area contributed by atoms with Crippen molar-refractivity contribution in [3.05, 3.63) is 108 Å². The summed E-state index contributed by atoms with van der Waals surface area (Å²) in [7, 11) is 0. The Morgan fingerprint density at radius 1 is 0.912 bits per heavy atom. The average molecular weight is 453 g/mol. The number of nitrogens with one attached hydrogen (secondary N) is 3. The van der Waals surface area contributed by atoms with Gasteiger partial charge in [0.1, 0.15) is 11.9 Å². The summed E-state index contributed by atoms with van der Waals surface area (Å²) in [5.74, 6) is 0.980. The lowest BCUT2D eigenvalue weighted by molar-refractivity contribution is -0.116. The fourth-order valence-corrected chi connectivity index (χ4v) is 3.56. The highest BCUT2D eigenvalue weighted by atomic mass is 16.2. The number of aryl methyl sites for hydroxylation is 1. The van der Waals surface area contributed by atoms with Crippen LogP contribution in [0.2, 0.25) is 0 Å². The molecule has 1 amide bonds. The van der Waals surface area contributed by atoms with Crippen LogP contribution in [0.1, 0.15) is 17.0 Å². The summed E-state index contributed by atoms with van der Waals surface area (Å²) in [5.41, 5.74) is 3.62. The monoisotopic (exact) mass is 452 g/mol. The zero-order valence-corrected chi connectivity index (χ0v) is 19.1. The maximum absolute atomic E-state index is 13.2. The number of carbonyl (C=O) groups excluding carboxylic acids is 1. The van der Waals surface area contributed by atoms with Gasteiger partial charge in [0.25, 0.3) is 0 Å². The van der Waals surface area contributed by atoms with Gasteiger partial charge in [-0.3, -0.25) is 9.78 Å². The van der Waals surface area contributed by atoms with E-state index in [1.54, 1.807) is 6.20 Å². The Labute approximate surface area is 199 Å². The number of anilines is 3. The van der Waals surface area contributed by atoms with E-state index >= 15 is 0 Å². The predicted molar refractivity (Wildman–Crippen MR) is 136 cm³/mol. The molecule has 7 heteroatoms. The van der Waals surface area contributed by atoms with E-state index in [4.69, 9.17) is 0 Å². The Bertz CT molecular complexity index is 1190. The highest BCUT2D eigenvalue weighted by Gasteiger charge is 2.20. The number of hydrogen-bond acceptors (Lipinski definition) is 6. The molecule has 34 heavy (non-hydrogen) atoms. The maximum Gasteiger partial charge on any atom is 0.247 e. The number of carbonyl (C=O) groups is 1. The Hall–Kier alpha value is -4.26. The largest absolute Gasteiger partial charge is 0.358 e. The fourth-order valence-electron chi connectivity index (χ4n) is 3.56. The molecule has 0 saturated carbocycles. The van der Waals surface area contributed by atoms with Crippen LogP contribution >= 0.6 is 0 Å². The molecule has 0 bridgehead atoms. The van der Waals surface area contributed by atoms with Gasteiger partial charge in [0.15, 0.2) is 0 Å². The number of pyridine rings is 1. The molecule has 0 saturated heterocycles. The van der Waals surface area contributed by atoms with Gasteiger partial charge in [-0.25, -0.2) is 4.98 Å². The molecular weight excluding hydrogens is 424 g/mol. The zero-order valence-electron chi connectivity index (χ0n) is 19.1. The van der Waals surface area contributed by atoms with Crippen LogP contribution in [0.15, 0.2) is 91.1 Å². The number of rotatable bonds is 10. The Kier molecular flexibility index (Phi) is 7.79. The zero-order chi connectivity index (χ0) is 23.6. The Morgan fingerprint density at radius 3 is 2.38 bits per heavy atom. The smallest absolute Gasteiger partial charge is 0.247 e. The minimum absolute atomic E-state index is 0.129. The second kappa shape index (κ2) is 11.6. The number of amides is 1. The van der Waals surface area contributed by atoms with E-state index < -0.39 is 6.04 Å². The van der Waals surface area contributed by atoms with E-state index in [0.29, 0.717) is 24.7 Å². The molecule has 0 spiro atoms. The van der Waals surface area contributed by atoms with Crippen molar-refractivity contribution < 1.29 is 4.79 Å². The van der Waals surface area contributed by atoms with Crippen molar-refractivity contribution in [2.45, 2.75) is 25.8 Å². The average Bonchev–Trinajstić information content (AvgIpc) is 2.85. The van der Waals surface area contributed by atoms with Crippen molar-refractivity contribution in [1.82, 2.24) is 15.0 Å². The first kappa shape index (κ1) is 22.9. The van der Waals surface area contributed by atoms with Gasteiger partial charge in [-0.05, 0) is 36.8 Å². The van der Waals surface area contributed by atoms with E-state index in [1.807, 2.05) is 91.9 Å². The van der Waals surface area contributed by atoms with Crippen molar-refractivity contribution in [3.63, 3.8) is 0 Å². The van der Waals surface area contributed by atoms with Gasteiger partial charge < -0.3 is 16.0 Å². The topological polar surface area (TPSA) is 91.8 Å². The van der Waals surface area contributed by atoms with E-state index in [0.717, 1.165) is 29.1 Å². The van der Waals surface area contributed by atoms with Gasteiger partial charge in [-0.15, -0.1) is 0 Å². The van der Waals surface area contributed by atoms with Gasteiger partial charge in [-0.2, -0.15) is 4.98 Å². The standard InChI is InChI=1S/C27H28N6O/c1-20-18-25(33-27(30-20)29-17-15-22-12-8-9-16-28-22)32-24(19-21-10-4-2-5-11-21)26(34)31-23-13-6-3-7-14-23/h2-14,16,18,24H,15,17,19H2,1H3,(H,31,34)(H2,29,30,32,33)/t24-/m0/s1. The summed E-state index contributed by atoms with van der Waals surface area (Å²) >= 11 is 0. The normalized spacial score (nSPS) is 11.4. The number of aromatic nitrogens is 3. The van der Waals surface area contributed by atoms with Crippen LogP contribution in [0.4, 0.5) is 17.5 Å². The predicted octanol–water partition coefficient (Wildman–Crippen LogP) is 4.50. The van der Waals surface area contributed by atoms with Crippen LogP contribution in [0.5, 0.6) is 0 Å². The van der Waals surface area contributed by atoms with Crippen LogP contribution in [0, 0.1) is 6.92 Å². The molecule has 3 N–H and O–H groups in total. The molecular formula is C27H28N6O. The van der Waals surface area contributed by atoms with Gasteiger partial charge >= 0.3 is 0 Å². The molecule has 2 aromatic heterocycles. The SMILES string of the molecule is Cc1cc(N[C@@H](Cc2ccccc2)C(=O)Nc2ccccc2)nc(NCCc2ccccn2)n1. The van der Waals surface area contributed by atoms with Crippen LogP contribution < -0.4 is 16.0 Å². The molecule has 0 aliphatic heterocycles. The molecule has 172 valence electrons. The number of para-hydroxylation sites is 1. The quantitative estimate of drug-likeness (QED) is 0.328. The lowest BCUT2D eigenvalue weighted by Gasteiger charge is -2.20. The minimum atomic E-state index is -0.515. The van der Waals surface area contributed by atoms with E-state index in [9.17, 15) is 4.79 Å². The summed E-state index contributed by atoms with van der Waals surface area (Å²) in [5, 5.41) is 9.58. The second-order valence-electron chi connectivity index (χ2n) is 7.96. The van der Waals surface area contributed by atoms with Crippen LogP contribution in [0.25, 0.3) is 0 Å². The van der Waals surface area contributed by atoms with Crippen molar-refractivity contribution in [1.29, 1.82) is 0 Å². The van der Waals surface area contributed by atoms with Gasteiger partial charge in [0, 0.05) is 48.7 Å². The molecule has 4 rings (SSSR count). The van der Waals surface area contributed by atoms with Gasteiger partial charge in [-0.1, -0.05) is 54.6 Å². The molecule has 2 heterocycles. The third kappa shape index (κ3) is 6.87. The van der Waals surface area contributed by atoms with Gasteiger partial charge in [0.2, 0.25) is 11.9 Å². The summed E-state index contributed by atoms with van der Waals surface area (Å²) < 4.78 is 0. The van der Waals surface area contributed by atoms with Crippen LogP contribution in [0.3, 0.4) is 0 Å². The lowest BCUT2D eigenvalue weighted by atomic mass is 10.0. The third-order valence-corrected chi connectivity index (χ3v) is 5.21. The molecule has 0 aliphatic carbocycles. The highest BCUT2D eigenvalue weighted by Crippen LogP contribution is 2.15. The first-order valence-electron chi connectivity index (χ1n) is 11.3. The summed E-state index contributed by atoms with van der Waals surface area (Å²) in [6.45, 7) is 2.56. The van der Waals surface area contributed by atoms with Crippen molar-refractivity contribution in [3.8, 4) is 0 Å². The van der Waals surface area contributed by atoms with Crippen molar-refractivity contribution in [2.75, 3.05) is 22.5 Å². The first-order chi connectivity index (χ1) is 16.7. The van der Waals surface area contributed by atoms with Crippen molar-refractivity contribution in [2.24, 2.45) is 0 Å². The minimum Gasteiger partial charge on any atom is -0.358 e. The van der Waals surface area contributed by atoms with E-state index in [1.165, 1.54) is 0 Å². The number of nitrogens with zero attached hydrogens (tertiary/aromatic N) is 3. The fraction of sp³-hybridized carbons (Fsp3) is 0.185. The second-order valence-corrected chi connectivity index (χ2v) is 7.96.